The van der Waals surface area contributed by atoms with Gasteiger partial charge in [0.1, 0.15) is 6.54 Å². The van der Waals surface area contributed by atoms with Crippen molar-refractivity contribution in [1.29, 1.82) is 0 Å². The third-order valence-corrected chi connectivity index (χ3v) is 4.57. The molecule has 2 aliphatic heterocycles. The third-order valence-electron chi connectivity index (χ3n) is 4.57. The summed E-state index contributed by atoms with van der Waals surface area (Å²) in [5.74, 6) is -0.0481. The molecule has 0 unspecified atom stereocenters. The van der Waals surface area contributed by atoms with Crippen LogP contribution < -0.4 is 10.2 Å². The van der Waals surface area contributed by atoms with Gasteiger partial charge in [-0.3, -0.25) is 9.59 Å². The maximum absolute atomic E-state index is 12.1. The minimum atomic E-state index is -0.0272. The molecule has 0 radical (unpaired) electrons. The van der Waals surface area contributed by atoms with Gasteiger partial charge in [0, 0.05) is 45.5 Å². The fourth-order valence-electron chi connectivity index (χ4n) is 3.02. The summed E-state index contributed by atoms with van der Waals surface area (Å²) in [6.07, 6.45) is 1.01. The minimum absolute atomic E-state index is 0.0209. The van der Waals surface area contributed by atoms with Crippen LogP contribution in [0.15, 0.2) is 24.3 Å². The van der Waals surface area contributed by atoms with Crippen LogP contribution in [0.25, 0.3) is 0 Å². The smallest absolute Gasteiger partial charge is 0.247 e. The lowest BCUT2D eigenvalue weighted by atomic mass is 10.1. The van der Waals surface area contributed by atoms with Gasteiger partial charge in [0.2, 0.25) is 11.8 Å². The van der Waals surface area contributed by atoms with Crippen LogP contribution in [0.5, 0.6) is 0 Å². The Morgan fingerprint density at radius 3 is 2.39 bits per heavy atom. The van der Waals surface area contributed by atoms with Gasteiger partial charge in [0.05, 0.1) is 6.54 Å². The van der Waals surface area contributed by atoms with Crippen molar-refractivity contribution in [2.75, 3.05) is 57.8 Å². The number of hydrogen-bond donors (Lipinski definition) is 1. The van der Waals surface area contributed by atoms with E-state index in [1.165, 1.54) is 10.5 Å². The van der Waals surface area contributed by atoms with Gasteiger partial charge in [-0.05, 0) is 24.1 Å². The van der Waals surface area contributed by atoms with E-state index in [1.807, 2.05) is 12.1 Å². The fraction of sp³-hybridized carbons (Fsp3) is 0.529. The molecule has 2 saturated heterocycles. The molecule has 0 aromatic heterocycles. The Kier molecular flexibility index (Phi) is 4.93. The molecule has 23 heavy (non-hydrogen) atoms. The molecule has 1 aromatic rings. The first-order valence-electron chi connectivity index (χ1n) is 8.20. The van der Waals surface area contributed by atoms with E-state index in [2.05, 4.69) is 22.3 Å². The van der Waals surface area contributed by atoms with Gasteiger partial charge in [-0.15, -0.1) is 0 Å². The fourth-order valence-corrected chi connectivity index (χ4v) is 3.02. The van der Waals surface area contributed by atoms with E-state index < -0.39 is 0 Å². The Balaban J connectivity index is 1.58. The van der Waals surface area contributed by atoms with Crippen molar-refractivity contribution in [2.24, 2.45) is 0 Å². The summed E-state index contributed by atoms with van der Waals surface area (Å²) in [6.45, 7) is 5.70. The highest BCUT2D eigenvalue weighted by Crippen LogP contribution is 2.18. The van der Waals surface area contributed by atoms with Crippen molar-refractivity contribution < 1.29 is 9.59 Å². The lowest BCUT2D eigenvalue weighted by Crippen LogP contribution is -2.52. The quantitative estimate of drug-likeness (QED) is 0.845. The summed E-state index contributed by atoms with van der Waals surface area (Å²) in [6, 6.07) is 8.02. The van der Waals surface area contributed by atoms with Gasteiger partial charge in [-0.25, -0.2) is 0 Å². The van der Waals surface area contributed by atoms with Crippen LogP contribution in [0.4, 0.5) is 5.69 Å². The number of piperazine rings is 2. The zero-order chi connectivity index (χ0) is 16.2. The van der Waals surface area contributed by atoms with E-state index in [1.54, 1.807) is 11.9 Å². The summed E-state index contributed by atoms with van der Waals surface area (Å²) >= 11 is 0. The van der Waals surface area contributed by atoms with Gasteiger partial charge in [0.25, 0.3) is 0 Å². The molecule has 2 fully saturated rings. The van der Waals surface area contributed by atoms with Crippen molar-refractivity contribution in [3.8, 4) is 0 Å². The molecule has 2 amide bonds. The standard InChI is InChI=1S/C17H24N4O2/c1-19-12-17(23)21(13-16(19)22)15-4-2-14(3-5-15)6-9-20-10-7-18-8-11-20/h2-5,18H,6-13H2,1H3. The molecule has 124 valence electrons. The van der Waals surface area contributed by atoms with Crippen molar-refractivity contribution >= 4 is 17.5 Å². The molecule has 6 nitrogen and oxygen atoms in total. The molecule has 2 aliphatic rings. The Labute approximate surface area is 137 Å². The molecular weight excluding hydrogens is 292 g/mol. The van der Waals surface area contributed by atoms with Gasteiger partial charge >= 0.3 is 0 Å². The van der Waals surface area contributed by atoms with Gasteiger partial charge in [0.15, 0.2) is 0 Å². The highest BCUT2D eigenvalue weighted by Gasteiger charge is 2.28. The summed E-state index contributed by atoms with van der Waals surface area (Å²) in [5.41, 5.74) is 2.07. The van der Waals surface area contributed by atoms with E-state index in [9.17, 15) is 9.59 Å². The van der Waals surface area contributed by atoms with Crippen LogP contribution in [0.2, 0.25) is 0 Å². The van der Waals surface area contributed by atoms with Crippen LogP contribution in [-0.4, -0.2) is 74.5 Å². The SMILES string of the molecule is CN1CC(=O)N(c2ccc(CCN3CCNCC3)cc2)CC1=O. The Bertz CT molecular complexity index is 566. The number of anilines is 1. The Morgan fingerprint density at radius 2 is 1.70 bits per heavy atom. The summed E-state index contributed by atoms with van der Waals surface area (Å²) in [4.78, 5) is 29.4. The highest BCUT2D eigenvalue weighted by atomic mass is 16.2. The second kappa shape index (κ2) is 7.10. The number of nitrogens with zero attached hydrogens (tertiary/aromatic N) is 3. The van der Waals surface area contributed by atoms with E-state index >= 15 is 0 Å². The lowest BCUT2D eigenvalue weighted by Gasteiger charge is -2.31. The molecule has 0 spiro atoms. The van der Waals surface area contributed by atoms with Crippen molar-refractivity contribution in [2.45, 2.75) is 6.42 Å². The molecule has 1 N–H and O–H groups in total. The lowest BCUT2D eigenvalue weighted by molar-refractivity contribution is -0.136. The maximum Gasteiger partial charge on any atom is 0.247 e. The number of amides is 2. The van der Waals surface area contributed by atoms with Gasteiger partial charge < -0.3 is 20.0 Å². The first-order chi connectivity index (χ1) is 11.1. The van der Waals surface area contributed by atoms with Gasteiger partial charge in [-0.1, -0.05) is 12.1 Å². The molecule has 1 aromatic carbocycles. The number of carbonyl (C=O) groups excluding carboxylic acids is 2. The number of benzene rings is 1. The average Bonchev–Trinajstić information content (AvgIpc) is 2.58. The molecule has 0 atom stereocenters. The monoisotopic (exact) mass is 316 g/mol. The summed E-state index contributed by atoms with van der Waals surface area (Å²) in [7, 11) is 1.66. The summed E-state index contributed by atoms with van der Waals surface area (Å²) in [5, 5.41) is 3.36. The molecule has 0 aliphatic carbocycles. The van der Waals surface area contributed by atoms with Crippen LogP contribution in [0.1, 0.15) is 5.56 Å². The van der Waals surface area contributed by atoms with Crippen molar-refractivity contribution in [3.63, 3.8) is 0 Å². The van der Waals surface area contributed by atoms with Crippen LogP contribution in [0.3, 0.4) is 0 Å². The maximum atomic E-state index is 12.1. The largest absolute Gasteiger partial charge is 0.335 e. The predicted octanol–water partition coefficient (Wildman–Crippen LogP) is -0.0607. The molecular formula is C17H24N4O2. The molecule has 6 heteroatoms. The highest BCUT2D eigenvalue weighted by molar-refractivity contribution is 6.04. The Morgan fingerprint density at radius 1 is 1.00 bits per heavy atom. The van der Waals surface area contributed by atoms with Crippen LogP contribution >= 0.6 is 0 Å². The number of nitrogens with one attached hydrogen (secondary N) is 1. The summed E-state index contributed by atoms with van der Waals surface area (Å²) < 4.78 is 0. The van der Waals surface area contributed by atoms with Crippen LogP contribution in [0, 0.1) is 0 Å². The number of rotatable bonds is 4. The number of likely N-dealkylation sites (N-methyl/N-ethyl adjacent to an activating group) is 1. The normalized spacial score (nSPS) is 20.2. The van der Waals surface area contributed by atoms with E-state index in [0.29, 0.717) is 0 Å². The minimum Gasteiger partial charge on any atom is -0.335 e. The average molecular weight is 316 g/mol. The van der Waals surface area contributed by atoms with E-state index in [0.717, 1.165) is 44.8 Å². The third kappa shape index (κ3) is 3.89. The van der Waals surface area contributed by atoms with Crippen molar-refractivity contribution in [1.82, 2.24) is 15.1 Å². The van der Waals surface area contributed by atoms with E-state index in [4.69, 9.17) is 0 Å². The molecule has 0 saturated carbocycles. The van der Waals surface area contributed by atoms with Crippen molar-refractivity contribution in [3.05, 3.63) is 29.8 Å². The topological polar surface area (TPSA) is 55.9 Å². The van der Waals surface area contributed by atoms with E-state index in [-0.39, 0.29) is 24.9 Å². The number of hydrogen-bond acceptors (Lipinski definition) is 4. The number of carbonyl (C=O) groups is 2. The van der Waals surface area contributed by atoms with Crippen LogP contribution in [-0.2, 0) is 16.0 Å². The predicted molar refractivity (Wildman–Crippen MR) is 89.4 cm³/mol. The zero-order valence-electron chi connectivity index (χ0n) is 13.6. The first-order valence-corrected chi connectivity index (χ1v) is 8.20. The zero-order valence-corrected chi connectivity index (χ0v) is 13.6. The van der Waals surface area contributed by atoms with Gasteiger partial charge in [-0.2, -0.15) is 0 Å². The first kappa shape index (κ1) is 16.0. The molecule has 3 rings (SSSR count). The molecule has 0 bridgehead atoms. The Hall–Kier alpha value is -1.92. The second-order valence-corrected chi connectivity index (χ2v) is 6.24. The second-order valence-electron chi connectivity index (χ2n) is 6.24. The molecule has 2 heterocycles.